The topological polar surface area (TPSA) is 122 Å². The highest BCUT2D eigenvalue weighted by atomic mass is 16.1. The van der Waals surface area contributed by atoms with Crippen molar-refractivity contribution in [1.82, 2.24) is 19.7 Å². The van der Waals surface area contributed by atoms with Gasteiger partial charge in [-0.05, 0) is 48.4 Å². The van der Waals surface area contributed by atoms with Crippen molar-refractivity contribution >= 4 is 29.2 Å². The van der Waals surface area contributed by atoms with Gasteiger partial charge in [-0.1, -0.05) is 6.07 Å². The second-order valence-corrected chi connectivity index (χ2v) is 7.91. The molecule has 0 saturated heterocycles. The molecular formula is C22H24N8O. The minimum atomic E-state index is -0.393. The minimum Gasteiger partial charge on any atom is -0.383 e. The lowest BCUT2D eigenvalue weighted by atomic mass is 10.2. The number of fused-ring (bicyclic) bond motifs is 2. The molecule has 158 valence electrons. The van der Waals surface area contributed by atoms with Crippen molar-refractivity contribution in [3.05, 3.63) is 59.3 Å². The zero-order valence-electron chi connectivity index (χ0n) is 17.1. The van der Waals surface area contributed by atoms with Crippen LogP contribution >= 0.6 is 0 Å². The van der Waals surface area contributed by atoms with Gasteiger partial charge in [0.05, 0.1) is 42.6 Å². The molecule has 1 fully saturated rings. The molecule has 5 rings (SSSR count). The lowest BCUT2D eigenvalue weighted by Gasteiger charge is -2.06. The number of carbonyl (C=O) groups excluding carboxylic acids is 1. The molecule has 3 aromatic rings. The van der Waals surface area contributed by atoms with Crippen molar-refractivity contribution in [3.63, 3.8) is 0 Å². The van der Waals surface area contributed by atoms with Crippen molar-refractivity contribution in [2.45, 2.75) is 38.3 Å². The zero-order valence-corrected chi connectivity index (χ0v) is 17.1. The summed E-state index contributed by atoms with van der Waals surface area (Å²) in [6, 6.07) is 6.17. The highest BCUT2D eigenvalue weighted by Crippen LogP contribution is 2.39. The number of nitrogens with one attached hydrogen (secondary N) is 2. The Balaban J connectivity index is 1.18. The summed E-state index contributed by atoms with van der Waals surface area (Å²) in [5.41, 5.74) is 6.17. The van der Waals surface area contributed by atoms with Gasteiger partial charge in [-0.15, -0.1) is 0 Å². The van der Waals surface area contributed by atoms with Crippen LogP contribution in [0.25, 0.3) is 5.65 Å². The van der Waals surface area contributed by atoms with E-state index in [1.165, 1.54) is 30.2 Å². The molecule has 9 heteroatoms. The van der Waals surface area contributed by atoms with Crippen molar-refractivity contribution in [1.29, 1.82) is 0 Å². The van der Waals surface area contributed by atoms with Crippen LogP contribution in [-0.4, -0.2) is 38.7 Å². The number of hydrogen-bond acceptors (Lipinski definition) is 7. The Morgan fingerprint density at radius 3 is 3.06 bits per heavy atom. The Labute approximate surface area is 179 Å². The third-order valence-electron chi connectivity index (χ3n) is 5.60. The lowest BCUT2D eigenvalue weighted by Crippen LogP contribution is -2.32. The van der Waals surface area contributed by atoms with Crippen LogP contribution in [0.1, 0.15) is 41.3 Å². The Morgan fingerprint density at radius 1 is 1.32 bits per heavy atom. The van der Waals surface area contributed by atoms with Gasteiger partial charge >= 0.3 is 0 Å². The van der Waals surface area contributed by atoms with Gasteiger partial charge in [0, 0.05) is 18.9 Å². The number of nitrogens with two attached hydrogens (primary N) is 1. The molecule has 4 N–H and O–H groups in total. The molecule has 1 amide bonds. The number of anilines is 1. The number of hydrazone groups is 1. The summed E-state index contributed by atoms with van der Waals surface area (Å²) >= 11 is 0. The zero-order chi connectivity index (χ0) is 21.2. The second kappa shape index (κ2) is 8.17. The molecule has 0 aromatic carbocycles. The van der Waals surface area contributed by atoms with E-state index in [9.17, 15) is 4.79 Å². The van der Waals surface area contributed by atoms with Crippen LogP contribution in [0, 0.1) is 0 Å². The second-order valence-electron chi connectivity index (χ2n) is 7.91. The summed E-state index contributed by atoms with van der Waals surface area (Å²) in [6.45, 7) is 1.56. The molecule has 0 bridgehead atoms. The number of aromatic nitrogens is 3. The smallest absolute Gasteiger partial charge is 0.273 e. The van der Waals surface area contributed by atoms with Gasteiger partial charge in [0.15, 0.2) is 5.71 Å². The van der Waals surface area contributed by atoms with E-state index in [1.54, 1.807) is 6.20 Å². The van der Waals surface area contributed by atoms with Gasteiger partial charge in [-0.25, -0.2) is 4.98 Å². The number of pyridine rings is 2. The summed E-state index contributed by atoms with van der Waals surface area (Å²) < 4.78 is 2.03. The van der Waals surface area contributed by atoms with Crippen LogP contribution in [0.3, 0.4) is 0 Å². The van der Waals surface area contributed by atoms with Gasteiger partial charge in [0.2, 0.25) is 0 Å². The standard InChI is InChI=1S/C22H24N8O/c23-29-20(22(31)27-9-17-7-15-5-6-25-19(15)11-26-17)10-24-8-18-13-30-12-16(14-1-2-14)3-4-21(30)28-18/h3-4,7,10-14,25H,1-2,5-6,8-9,23H2,(H,27,31)/b24-10?,29-20+. The Morgan fingerprint density at radius 2 is 2.23 bits per heavy atom. The monoisotopic (exact) mass is 416 g/mol. The molecule has 9 nitrogen and oxygen atoms in total. The maximum absolute atomic E-state index is 12.4. The number of nitrogens with zero attached hydrogens (tertiary/aromatic N) is 5. The first-order valence-corrected chi connectivity index (χ1v) is 10.4. The highest BCUT2D eigenvalue weighted by Gasteiger charge is 2.23. The third-order valence-corrected chi connectivity index (χ3v) is 5.60. The Hall–Kier alpha value is -3.75. The number of hydrogen-bond donors (Lipinski definition) is 3. The average Bonchev–Trinajstić information content (AvgIpc) is 3.39. The largest absolute Gasteiger partial charge is 0.383 e. The van der Waals surface area contributed by atoms with Gasteiger partial charge in [0.1, 0.15) is 5.65 Å². The van der Waals surface area contributed by atoms with Crippen LogP contribution < -0.4 is 16.5 Å². The van der Waals surface area contributed by atoms with E-state index in [4.69, 9.17) is 5.84 Å². The number of imidazole rings is 1. The van der Waals surface area contributed by atoms with Crippen molar-refractivity contribution < 1.29 is 4.79 Å². The maximum Gasteiger partial charge on any atom is 0.273 e. The predicted octanol–water partition coefficient (Wildman–Crippen LogP) is 1.78. The fraction of sp³-hybridized carbons (Fsp3) is 0.318. The third kappa shape index (κ3) is 4.25. The van der Waals surface area contributed by atoms with Crippen LogP contribution in [0.5, 0.6) is 0 Å². The van der Waals surface area contributed by atoms with E-state index in [2.05, 4.69) is 43.0 Å². The SMILES string of the molecule is N/N=C(\C=NCc1cn2cc(C3CC3)ccc2n1)C(=O)NCc1cc2c(cn1)NCC2. The molecular weight excluding hydrogens is 392 g/mol. The van der Waals surface area contributed by atoms with Crippen LogP contribution in [0.4, 0.5) is 5.69 Å². The maximum atomic E-state index is 12.4. The van der Waals surface area contributed by atoms with E-state index in [0.29, 0.717) is 19.0 Å². The van der Waals surface area contributed by atoms with Crippen molar-refractivity contribution in [2.75, 3.05) is 11.9 Å². The van der Waals surface area contributed by atoms with Crippen molar-refractivity contribution in [3.8, 4) is 0 Å². The summed E-state index contributed by atoms with van der Waals surface area (Å²) in [6.07, 6.45) is 10.8. The van der Waals surface area contributed by atoms with Gasteiger partial charge < -0.3 is 20.9 Å². The molecule has 0 spiro atoms. The highest BCUT2D eigenvalue weighted by molar-refractivity contribution is 6.60. The summed E-state index contributed by atoms with van der Waals surface area (Å²) in [5, 5.41) is 9.63. The fourth-order valence-electron chi connectivity index (χ4n) is 3.77. The molecule has 0 atom stereocenters. The van der Waals surface area contributed by atoms with Crippen molar-refractivity contribution in [2.24, 2.45) is 15.9 Å². The molecule has 0 radical (unpaired) electrons. The number of rotatable bonds is 7. The molecule has 2 aliphatic rings. The van der Waals surface area contributed by atoms with E-state index in [-0.39, 0.29) is 5.71 Å². The summed E-state index contributed by atoms with van der Waals surface area (Å²) in [5.74, 6) is 5.70. The van der Waals surface area contributed by atoms with Crippen LogP contribution in [-0.2, 0) is 24.3 Å². The molecule has 1 aliphatic heterocycles. The molecule has 4 heterocycles. The van der Waals surface area contributed by atoms with Gasteiger partial charge in [-0.3, -0.25) is 14.8 Å². The van der Waals surface area contributed by atoms with E-state index < -0.39 is 5.91 Å². The molecule has 1 saturated carbocycles. The number of carbonyl (C=O) groups is 1. The fourth-order valence-corrected chi connectivity index (χ4v) is 3.77. The van der Waals surface area contributed by atoms with Gasteiger partial charge in [-0.2, -0.15) is 5.10 Å². The van der Waals surface area contributed by atoms with E-state index >= 15 is 0 Å². The molecule has 31 heavy (non-hydrogen) atoms. The van der Waals surface area contributed by atoms with Gasteiger partial charge in [0.25, 0.3) is 5.91 Å². The molecule has 1 aliphatic carbocycles. The normalized spacial score (nSPS) is 15.9. The summed E-state index contributed by atoms with van der Waals surface area (Å²) in [4.78, 5) is 25.6. The predicted molar refractivity (Wildman–Crippen MR) is 119 cm³/mol. The Bertz CT molecular complexity index is 1190. The molecule has 0 unspecified atom stereocenters. The lowest BCUT2D eigenvalue weighted by molar-refractivity contribution is -0.114. The molecule has 3 aromatic heterocycles. The first-order valence-electron chi connectivity index (χ1n) is 10.4. The van der Waals surface area contributed by atoms with E-state index in [1.807, 2.05) is 22.7 Å². The summed E-state index contributed by atoms with van der Waals surface area (Å²) in [7, 11) is 0. The number of aliphatic imine (C=N–C) groups is 1. The average molecular weight is 416 g/mol. The number of amides is 1. The Kier molecular flexibility index (Phi) is 5.07. The first kappa shape index (κ1) is 19.2. The van der Waals surface area contributed by atoms with E-state index in [0.717, 1.165) is 35.7 Å². The minimum absolute atomic E-state index is 0.0580. The quantitative estimate of drug-likeness (QED) is 0.308. The van der Waals surface area contributed by atoms with Crippen LogP contribution in [0.2, 0.25) is 0 Å². The van der Waals surface area contributed by atoms with Crippen LogP contribution in [0.15, 0.2) is 46.9 Å². The first-order chi connectivity index (χ1) is 15.2.